The van der Waals surface area contributed by atoms with Crippen LogP contribution in [0.15, 0.2) is 53.9 Å². The number of benzene rings is 1. The molecule has 0 fully saturated rings. The predicted octanol–water partition coefficient (Wildman–Crippen LogP) is 5.21. The van der Waals surface area contributed by atoms with Crippen LogP contribution in [0.25, 0.3) is 5.57 Å². The molecule has 1 unspecified atom stereocenters. The van der Waals surface area contributed by atoms with Gasteiger partial charge in [0, 0.05) is 11.0 Å². The van der Waals surface area contributed by atoms with E-state index < -0.39 is 17.7 Å². The van der Waals surface area contributed by atoms with Crippen LogP contribution in [-0.2, 0) is 4.79 Å². The number of hydrogen-bond donors (Lipinski definition) is 1. The lowest BCUT2D eigenvalue weighted by Crippen LogP contribution is -2.30. The molecule has 0 spiro atoms. The van der Waals surface area contributed by atoms with E-state index in [9.17, 15) is 18.0 Å². The van der Waals surface area contributed by atoms with Gasteiger partial charge in [0.05, 0.1) is 11.6 Å². The number of hydrogen-bond acceptors (Lipinski definition) is 2. The van der Waals surface area contributed by atoms with Gasteiger partial charge >= 0.3 is 6.18 Å². The van der Waals surface area contributed by atoms with Gasteiger partial charge in [-0.1, -0.05) is 50.2 Å². The van der Waals surface area contributed by atoms with Gasteiger partial charge in [0.2, 0.25) is 5.91 Å². The van der Waals surface area contributed by atoms with Crippen LogP contribution in [-0.4, -0.2) is 12.1 Å². The fourth-order valence-corrected chi connectivity index (χ4v) is 3.26. The van der Waals surface area contributed by atoms with Crippen molar-refractivity contribution in [2.75, 3.05) is 0 Å². The van der Waals surface area contributed by atoms with Gasteiger partial charge in [0.15, 0.2) is 0 Å². The number of thiophene rings is 1. The molecule has 2 aromatic rings. The van der Waals surface area contributed by atoms with Gasteiger partial charge in [0.25, 0.3) is 0 Å². The zero-order valence-electron chi connectivity index (χ0n) is 13.3. The third kappa shape index (κ3) is 4.71. The lowest BCUT2D eigenvalue weighted by molar-refractivity contribution is -0.118. The first-order valence-electron chi connectivity index (χ1n) is 7.47. The third-order valence-corrected chi connectivity index (χ3v) is 4.44. The second kappa shape index (κ2) is 7.66. The molecule has 1 aromatic heterocycles. The molecule has 0 aliphatic heterocycles. The molecular formula is C18H18F3NOS. The molecule has 0 saturated carbocycles. The highest BCUT2D eigenvalue weighted by Crippen LogP contribution is 2.34. The number of amides is 1. The molecule has 0 radical (unpaired) electrons. The van der Waals surface area contributed by atoms with Crippen LogP contribution < -0.4 is 5.32 Å². The van der Waals surface area contributed by atoms with Crippen molar-refractivity contribution in [2.45, 2.75) is 26.1 Å². The average molecular weight is 353 g/mol. The summed E-state index contributed by atoms with van der Waals surface area (Å²) in [7, 11) is 0. The largest absolute Gasteiger partial charge is 0.417 e. The molecule has 1 N–H and O–H groups in total. The number of nitrogens with one attached hydrogen (secondary N) is 1. The van der Waals surface area contributed by atoms with Crippen LogP contribution in [0.2, 0.25) is 0 Å². The van der Waals surface area contributed by atoms with E-state index in [-0.39, 0.29) is 17.5 Å². The van der Waals surface area contributed by atoms with Gasteiger partial charge < -0.3 is 5.32 Å². The fourth-order valence-electron chi connectivity index (χ4n) is 2.31. The summed E-state index contributed by atoms with van der Waals surface area (Å²) in [5, 5.41) is 4.56. The van der Waals surface area contributed by atoms with E-state index >= 15 is 0 Å². The first kappa shape index (κ1) is 18.3. The molecule has 0 aliphatic rings. The van der Waals surface area contributed by atoms with Crippen LogP contribution in [0.3, 0.4) is 0 Å². The average Bonchev–Trinajstić information content (AvgIpc) is 3.03. The second-order valence-corrected chi connectivity index (χ2v) is 6.65. The monoisotopic (exact) mass is 353 g/mol. The Morgan fingerprint density at radius 1 is 1.12 bits per heavy atom. The lowest BCUT2D eigenvalue weighted by atomic mass is 10.0. The number of allylic oxidation sites excluding steroid dienone is 1. The van der Waals surface area contributed by atoms with Crippen molar-refractivity contribution in [3.8, 4) is 0 Å². The Bertz CT molecular complexity index is 691. The van der Waals surface area contributed by atoms with Crippen molar-refractivity contribution < 1.29 is 18.0 Å². The zero-order valence-corrected chi connectivity index (χ0v) is 14.1. The summed E-state index contributed by atoms with van der Waals surface area (Å²) in [5.41, 5.74) is -0.980. The quantitative estimate of drug-likeness (QED) is 0.735. The lowest BCUT2D eigenvalue weighted by Gasteiger charge is -2.21. The van der Waals surface area contributed by atoms with Gasteiger partial charge in [-0.05, 0) is 22.9 Å². The van der Waals surface area contributed by atoms with Crippen molar-refractivity contribution in [2.24, 2.45) is 5.92 Å². The number of halogens is 3. The maximum atomic E-state index is 13.3. The molecule has 1 aromatic carbocycles. The molecule has 2 nitrogen and oxygen atoms in total. The normalized spacial score (nSPS) is 13.8. The van der Waals surface area contributed by atoms with Gasteiger partial charge in [0.1, 0.15) is 0 Å². The minimum Gasteiger partial charge on any atom is -0.345 e. The molecular weight excluding hydrogens is 335 g/mol. The molecule has 2 rings (SSSR count). The van der Waals surface area contributed by atoms with Crippen LogP contribution in [0.4, 0.5) is 13.2 Å². The number of carbonyl (C=O) groups excluding carboxylic acids is 1. The maximum absolute atomic E-state index is 13.3. The Morgan fingerprint density at radius 3 is 2.29 bits per heavy atom. The highest BCUT2D eigenvalue weighted by molar-refractivity contribution is 7.10. The summed E-state index contributed by atoms with van der Waals surface area (Å²) in [6.07, 6.45) is -3.97. The number of rotatable bonds is 5. The van der Waals surface area contributed by atoms with Gasteiger partial charge in [-0.3, -0.25) is 4.79 Å². The Morgan fingerprint density at radius 2 is 1.79 bits per heavy atom. The van der Waals surface area contributed by atoms with E-state index in [4.69, 9.17) is 0 Å². The number of alkyl halides is 3. The van der Waals surface area contributed by atoms with E-state index in [2.05, 4.69) is 5.32 Å². The summed E-state index contributed by atoms with van der Waals surface area (Å²) >= 11 is 1.46. The summed E-state index contributed by atoms with van der Waals surface area (Å²) in [6.45, 7) is 3.83. The summed E-state index contributed by atoms with van der Waals surface area (Å²) in [5.74, 6) is -0.689. The topological polar surface area (TPSA) is 29.1 Å². The molecule has 0 saturated heterocycles. The minimum absolute atomic E-state index is 0.0302. The molecule has 6 heteroatoms. The van der Waals surface area contributed by atoms with Gasteiger partial charge in [-0.25, -0.2) is 0 Å². The molecule has 0 bridgehead atoms. The van der Waals surface area contributed by atoms with Crippen LogP contribution >= 0.6 is 11.3 Å². The van der Waals surface area contributed by atoms with E-state index in [1.165, 1.54) is 35.6 Å². The molecule has 1 atom stereocenters. The highest BCUT2D eigenvalue weighted by Gasteiger charge is 2.35. The Labute approximate surface area is 143 Å². The molecule has 128 valence electrons. The zero-order chi connectivity index (χ0) is 17.7. The highest BCUT2D eigenvalue weighted by atomic mass is 32.1. The Hall–Kier alpha value is -2.08. The van der Waals surface area contributed by atoms with Crippen LogP contribution in [0.5, 0.6) is 0 Å². The summed E-state index contributed by atoms with van der Waals surface area (Å²) in [4.78, 5) is 13.1. The van der Waals surface area contributed by atoms with Crippen molar-refractivity contribution in [1.82, 2.24) is 5.32 Å². The molecule has 24 heavy (non-hydrogen) atoms. The van der Waals surface area contributed by atoms with Crippen molar-refractivity contribution in [1.29, 1.82) is 0 Å². The third-order valence-electron chi connectivity index (χ3n) is 3.48. The van der Waals surface area contributed by atoms with Crippen LogP contribution in [0, 0.1) is 5.92 Å². The molecule has 1 amide bonds. The van der Waals surface area contributed by atoms with Gasteiger partial charge in [-0.2, -0.15) is 13.2 Å². The first-order valence-corrected chi connectivity index (χ1v) is 8.35. The number of carbonyl (C=O) groups is 1. The van der Waals surface area contributed by atoms with E-state index in [1.54, 1.807) is 6.07 Å². The maximum Gasteiger partial charge on any atom is 0.417 e. The molecule has 0 aliphatic carbocycles. The second-order valence-electron chi connectivity index (χ2n) is 5.67. The fraction of sp³-hybridized carbons (Fsp3) is 0.278. The van der Waals surface area contributed by atoms with E-state index in [0.29, 0.717) is 6.08 Å². The van der Waals surface area contributed by atoms with Gasteiger partial charge in [-0.15, -0.1) is 11.3 Å². The Kier molecular flexibility index (Phi) is 5.83. The SMILES string of the molecule is CC(C)C(NC(=O)/C=C(/c1ccccc1)C(F)(F)F)c1cccs1. The van der Waals surface area contributed by atoms with Crippen molar-refractivity contribution >= 4 is 22.8 Å². The minimum atomic E-state index is -4.60. The first-order chi connectivity index (χ1) is 11.3. The Balaban J connectivity index is 2.27. The van der Waals surface area contributed by atoms with E-state index in [0.717, 1.165) is 4.88 Å². The standard InChI is InChI=1S/C18H18F3NOS/c1-12(2)17(15-9-6-10-24-15)22-16(23)11-14(18(19,20)21)13-7-4-3-5-8-13/h3-12,17H,1-2H3,(H,22,23)/b14-11-. The van der Waals surface area contributed by atoms with E-state index in [1.807, 2.05) is 31.4 Å². The smallest absolute Gasteiger partial charge is 0.345 e. The summed E-state index contributed by atoms with van der Waals surface area (Å²) in [6, 6.07) is 10.7. The van der Waals surface area contributed by atoms with Crippen LogP contribution in [0.1, 0.15) is 30.3 Å². The predicted molar refractivity (Wildman–Crippen MR) is 90.5 cm³/mol. The molecule has 1 heterocycles. The van der Waals surface area contributed by atoms with Crippen molar-refractivity contribution in [3.05, 3.63) is 64.4 Å². The summed E-state index contributed by atoms with van der Waals surface area (Å²) < 4.78 is 39.9. The van der Waals surface area contributed by atoms with Crippen molar-refractivity contribution in [3.63, 3.8) is 0 Å².